The maximum atomic E-state index is 13.3. The smallest absolute Gasteiger partial charge is 0.225 e. The Kier molecular flexibility index (Phi) is 5.51. The number of methoxy groups -OCH3 is 1. The van der Waals surface area contributed by atoms with Crippen molar-refractivity contribution in [1.82, 2.24) is 14.5 Å². The summed E-state index contributed by atoms with van der Waals surface area (Å²) >= 11 is 0. The lowest BCUT2D eigenvalue weighted by atomic mass is 10.0. The minimum Gasteiger partial charge on any atom is -0.497 e. The van der Waals surface area contributed by atoms with Crippen LogP contribution in [0.5, 0.6) is 5.75 Å². The van der Waals surface area contributed by atoms with Crippen LogP contribution in [0.2, 0.25) is 0 Å². The fourth-order valence-electron chi connectivity index (χ4n) is 5.12. The van der Waals surface area contributed by atoms with Crippen molar-refractivity contribution in [2.24, 2.45) is 11.8 Å². The third kappa shape index (κ3) is 4.29. The molecule has 0 unspecified atom stereocenters. The molecule has 0 radical (unpaired) electrons. The molecule has 1 aliphatic heterocycles. The average Bonchev–Trinajstić information content (AvgIpc) is 3.54. The number of ether oxygens (including phenoxy) is 1. The number of halogens is 1. The van der Waals surface area contributed by atoms with Crippen LogP contribution in [0.4, 0.5) is 4.39 Å². The molecule has 6 rings (SSSR count). The van der Waals surface area contributed by atoms with E-state index in [-0.39, 0.29) is 11.7 Å². The number of hydrogen-bond donors (Lipinski definition) is 0. The number of amides is 1. The van der Waals surface area contributed by atoms with Crippen LogP contribution in [0.1, 0.15) is 19.3 Å². The van der Waals surface area contributed by atoms with Crippen molar-refractivity contribution in [3.63, 3.8) is 0 Å². The van der Waals surface area contributed by atoms with Gasteiger partial charge in [-0.2, -0.15) is 0 Å². The van der Waals surface area contributed by atoms with Gasteiger partial charge in [-0.3, -0.25) is 4.79 Å². The maximum absolute atomic E-state index is 13.3. The molecule has 35 heavy (non-hydrogen) atoms. The number of imidazole rings is 1. The lowest BCUT2D eigenvalue weighted by Crippen LogP contribution is -2.30. The fraction of sp³-hybridized carbons (Fsp3) is 0.310. The minimum absolute atomic E-state index is 0.237. The van der Waals surface area contributed by atoms with Gasteiger partial charge in [0.25, 0.3) is 0 Å². The summed E-state index contributed by atoms with van der Waals surface area (Å²) in [7, 11) is 1.68. The van der Waals surface area contributed by atoms with E-state index in [1.54, 1.807) is 19.2 Å². The standard InChI is InChI=1S/C29H28FN3O2/c1-35-25-12-13-26-27(16-25)33(18-19-14-15-32(17-19)29(34)23-6-7-23)28(31-26)22-4-2-20(3-5-22)21-8-10-24(30)11-9-21/h2-5,8-13,16,19,23H,6-7,14-15,17-18H2,1H3/t19-/m0/s1. The molecule has 0 N–H and O–H groups in total. The van der Waals surface area contributed by atoms with Crippen LogP contribution in [0, 0.1) is 17.7 Å². The molecule has 6 heteroatoms. The highest BCUT2D eigenvalue weighted by molar-refractivity contribution is 5.83. The first-order valence-electron chi connectivity index (χ1n) is 12.3. The quantitative estimate of drug-likeness (QED) is 0.360. The van der Waals surface area contributed by atoms with Crippen molar-refractivity contribution in [1.29, 1.82) is 0 Å². The lowest BCUT2D eigenvalue weighted by molar-refractivity contribution is -0.131. The molecule has 4 aromatic rings. The average molecular weight is 470 g/mol. The van der Waals surface area contributed by atoms with E-state index in [0.717, 1.165) is 78.2 Å². The van der Waals surface area contributed by atoms with Gasteiger partial charge in [-0.1, -0.05) is 36.4 Å². The number of carbonyl (C=O) groups is 1. The summed E-state index contributed by atoms with van der Waals surface area (Å²) in [6.45, 7) is 2.45. The predicted octanol–water partition coefficient (Wildman–Crippen LogP) is 5.78. The molecular formula is C29H28FN3O2. The number of rotatable bonds is 6. The monoisotopic (exact) mass is 469 g/mol. The van der Waals surface area contributed by atoms with Gasteiger partial charge in [-0.25, -0.2) is 9.37 Å². The van der Waals surface area contributed by atoms with E-state index < -0.39 is 0 Å². The molecule has 2 aliphatic rings. The van der Waals surface area contributed by atoms with Gasteiger partial charge in [0.05, 0.1) is 18.1 Å². The third-order valence-electron chi connectivity index (χ3n) is 7.24. The highest BCUT2D eigenvalue weighted by Gasteiger charge is 2.36. The summed E-state index contributed by atoms with van der Waals surface area (Å²) in [5, 5.41) is 0. The molecule has 1 amide bonds. The van der Waals surface area contributed by atoms with Crippen LogP contribution >= 0.6 is 0 Å². The highest BCUT2D eigenvalue weighted by atomic mass is 19.1. The van der Waals surface area contributed by atoms with Crippen molar-refractivity contribution >= 4 is 16.9 Å². The van der Waals surface area contributed by atoms with E-state index in [1.165, 1.54) is 12.1 Å². The van der Waals surface area contributed by atoms with Gasteiger partial charge in [0.15, 0.2) is 0 Å². The van der Waals surface area contributed by atoms with Gasteiger partial charge in [0.1, 0.15) is 17.4 Å². The molecular weight excluding hydrogens is 441 g/mol. The van der Waals surface area contributed by atoms with E-state index in [1.807, 2.05) is 18.2 Å². The lowest BCUT2D eigenvalue weighted by Gasteiger charge is -2.18. The molecule has 5 nitrogen and oxygen atoms in total. The normalized spacial score (nSPS) is 17.8. The largest absolute Gasteiger partial charge is 0.497 e. The number of hydrogen-bond acceptors (Lipinski definition) is 3. The molecule has 1 saturated heterocycles. The summed E-state index contributed by atoms with van der Waals surface area (Å²) in [5.74, 6) is 2.46. The van der Waals surface area contributed by atoms with Crippen LogP contribution < -0.4 is 4.74 Å². The Morgan fingerprint density at radius 2 is 1.66 bits per heavy atom. The molecule has 0 spiro atoms. The zero-order valence-corrected chi connectivity index (χ0v) is 19.8. The molecule has 2 fully saturated rings. The summed E-state index contributed by atoms with van der Waals surface area (Å²) in [6.07, 6.45) is 3.10. The van der Waals surface area contributed by atoms with Gasteiger partial charge in [0, 0.05) is 37.2 Å². The van der Waals surface area contributed by atoms with Gasteiger partial charge in [-0.05, 0) is 60.6 Å². The van der Waals surface area contributed by atoms with Crippen molar-refractivity contribution in [3.8, 4) is 28.3 Å². The van der Waals surface area contributed by atoms with E-state index in [9.17, 15) is 9.18 Å². The molecule has 1 atom stereocenters. The summed E-state index contributed by atoms with van der Waals surface area (Å²) in [4.78, 5) is 19.6. The van der Waals surface area contributed by atoms with Crippen LogP contribution in [-0.4, -0.2) is 40.6 Å². The van der Waals surface area contributed by atoms with Crippen molar-refractivity contribution in [2.75, 3.05) is 20.2 Å². The minimum atomic E-state index is -0.237. The topological polar surface area (TPSA) is 47.4 Å². The number of benzene rings is 3. The predicted molar refractivity (Wildman–Crippen MR) is 135 cm³/mol. The first-order chi connectivity index (χ1) is 17.1. The zero-order chi connectivity index (χ0) is 23.9. The van der Waals surface area contributed by atoms with Crippen LogP contribution in [0.3, 0.4) is 0 Å². The molecule has 1 saturated carbocycles. The van der Waals surface area contributed by atoms with E-state index in [2.05, 4.69) is 33.7 Å². The Hall–Kier alpha value is -3.67. The molecule has 1 aliphatic carbocycles. The van der Waals surface area contributed by atoms with Gasteiger partial charge < -0.3 is 14.2 Å². The van der Waals surface area contributed by atoms with Gasteiger partial charge >= 0.3 is 0 Å². The number of fused-ring (bicyclic) bond motifs is 1. The third-order valence-corrected chi connectivity index (χ3v) is 7.24. The number of aromatic nitrogens is 2. The van der Waals surface area contributed by atoms with Crippen LogP contribution in [-0.2, 0) is 11.3 Å². The van der Waals surface area contributed by atoms with Crippen LogP contribution in [0.25, 0.3) is 33.5 Å². The molecule has 3 aromatic carbocycles. The second kappa shape index (κ2) is 8.84. The van der Waals surface area contributed by atoms with E-state index >= 15 is 0 Å². The Bertz CT molecular complexity index is 1370. The second-order valence-corrected chi connectivity index (χ2v) is 9.70. The van der Waals surface area contributed by atoms with Gasteiger partial charge in [0.2, 0.25) is 5.91 Å². The van der Waals surface area contributed by atoms with Crippen molar-refractivity contribution < 1.29 is 13.9 Å². The first-order valence-corrected chi connectivity index (χ1v) is 12.3. The number of nitrogens with zero attached hydrogens (tertiary/aromatic N) is 3. The van der Waals surface area contributed by atoms with Gasteiger partial charge in [-0.15, -0.1) is 0 Å². The zero-order valence-electron chi connectivity index (χ0n) is 19.8. The van der Waals surface area contributed by atoms with Crippen LogP contribution in [0.15, 0.2) is 66.7 Å². The summed E-state index contributed by atoms with van der Waals surface area (Å²) in [5.41, 5.74) is 4.99. The van der Waals surface area contributed by atoms with Crippen molar-refractivity contribution in [2.45, 2.75) is 25.8 Å². The Morgan fingerprint density at radius 3 is 2.34 bits per heavy atom. The SMILES string of the molecule is COc1ccc2nc(-c3ccc(-c4ccc(F)cc4)cc3)n(C[C@H]3CCN(C(=O)C4CC4)C3)c2c1. The Morgan fingerprint density at radius 1 is 0.971 bits per heavy atom. The molecule has 1 aromatic heterocycles. The summed E-state index contributed by atoms with van der Waals surface area (Å²) in [6, 6.07) is 20.8. The molecule has 0 bridgehead atoms. The number of likely N-dealkylation sites (tertiary alicyclic amines) is 1. The molecule has 178 valence electrons. The van der Waals surface area contributed by atoms with E-state index in [4.69, 9.17) is 9.72 Å². The number of carbonyl (C=O) groups excluding carboxylic acids is 1. The van der Waals surface area contributed by atoms with E-state index in [0.29, 0.717) is 11.8 Å². The fourth-order valence-corrected chi connectivity index (χ4v) is 5.12. The highest BCUT2D eigenvalue weighted by Crippen LogP contribution is 2.35. The first kappa shape index (κ1) is 21.8. The summed E-state index contributed by atoms with van der Waals surface area (Å²) < 4.78 is 21.1. The maximum Gasteiger partial charge on any atom is 0.225 e. The Balaban J connectivity index is 1.33. The second-order valence-electron chi connectivity index (χ2n) is 9.70. The Labute approximate surface area is 204 Å². The van der Waals surface area contributed by atoms with Crippen molar-refractivity contribution in [3.05, 3.63) is 72.5 Å². The molecule has 2 heterocycles.